The van der Waals surface area contributed by atoms with Crippen molar-refractivity contribution in [1.82, 2.24) is 4.90 Å². The maximum absolute atomic E-state index is 12.6. The Morgan fingerprint density at radius 2 is 1.94 bits per heavy atom. The van der Waals surface area contributed by atoms with E-state index in [1.165, 1.54) is 24.8 Å². The van der Waals surface area contributed by atoms with E-state index in [9.17, 15) is 4.79 Å². The van der Waals surface area contributed by atoms with Gasteiger partial charge in [-0.05, 0) is 37.3 Å². The molecule has 1 unspecified atom stereocenters. The van der Waals surface area contributed by atoms with Crippen molar-refractivity contribution in [2.45, 2.75) is 31.6 Å². The Labute approximate surface area is 108 Å². The molecule has 3 heteroatoms. The fraction of sp³-hybridized carbons (Fsp3) is 0.533. The average molecular weight is 244 g/mol. The van der Waals surface area contributed by atoms with Gasteiger partial charge in [0.05, 0.1) is 5.92 Å². The minimum Gasteiger partial charge on any atom is -0.385 e. The highest BCUT2D eigenvalue weighted by Gasteiger charge is 2.30. The lowest BCUT2D eigenvalue weighted by molar-refractivity contribution is -0.133. The molecule has 1 aromatic rings. The monoisotopic (exact) mass is 244 g/mol. The summed E-state index contributed by atoms with van der Waals surface area (Å²) in [4.78, 5) is 14.7. The summed E-state index contributed by atoms with van der Waals surface area (Å²) in [5.74, 6) is 0.407. The van der Waals surface area contributed by atoms with E-state index in [-0.39, 0.29) is 5.92 Å². The molecule has 2 aliphatic heterocycles. The van der Waals surface area contributed by atoms with Gasteiger partial charge in [0.2, 0.25) is 5.91 Å². The van der Waals surface area contributed by atoms with E-state index < -0.39 is 0 Å². The zero-order valence-electron chi connectivity index (χ0n) is 10.7. The van der Waals surface area contributed by atoms with Crippen LogP contribution < -0.4 is 5.32 Å². The van der Waals surface area contributed by atoms with Gasteiger partial charge >= 0.3 is 0 Å². The van der Waals surface area contributed by atoms with E-state index in [0.717, 1.165) is 31.7 Å². The topological polar surface area (TPSA) is 32.3 Å². The average Bonchev–Trinajstić information content (AvgIpc) is 2.47. The summed E-state index contributed by atoms with van der Waals surface area (Å²) in [7, 11) is 0. The van der Waals surface area contributed by atoms with Gasteiger partial charge < -0.3 is 10.2 Å². The fourth-order valence-electron chi connectivity index (χ4n) is 3.06. The van der Waals surface area contributed by atoms with Gasteiger partial charge in [0, 0.05) is 25.3 Å². The van der Waals surface area contributed by atoms with E-state index in [0.29, 0.717) is 5.91 Å². The molecule has 0 saturated carbocycles. The van der Waals surface area contributed by atoms with Crippen LogP contribution in [0.1, 0.15) is 37.2 Å². The number of nitrogens with zero attached hydrogens (tertiary/aromatic N) is 1. The van der Waals surface area contributed by atoms with Gasteiger partial charge in [-0.1, -0.05) is 18.2 Å². The van der Waals surface area contributed by atoms with Crippen molar-refractivity contribution in [3.63, 3.8) is 0 Å². The largest absolute Gasteiger partial charge is 0.385 e. The van der Waals surface area contributed by atoms with E-state index in [2.05, 4.69) is 22.3 Å². The zero-order chi connectivity index (χ0) is 12.4. The summed E-state index contributed by atoms with van der Waals surface area (Å²) < 4.78 is 0. The lowest BCUT2D eigenvalue weighted by Gasteiger charge is -2.33. The minimum absolute atomic E-state index is 0.0700. The maximum atomic E-state index is 12.6. The van der Waals surface area contributed by atoms with Crippen molar-refractivity contribution < 1.29 is 4.79 Å². The van der Waals surface area contributed by atoms with Crippen molar-refractivity contribution in [3.8, 4) is 0 Å². The molecule has 1 aromatic carbocycles. The number of nitrogens with one attached hydrogen (secondary N) is 1. The maximum Gasteiger partial charge on any atom is 0.230 e. The number of amides is 1. The van der Waals surface area contributed by atoms with Crippen LogP contribution in [0, 0.1) is 0 Å². The van der Waals surface area contributed by atoms with E-state index in [4.69, 9.17) is 0 Å². The lowest BCUT2D eigenvalue weighted by atomic mass is 9.89. The third-order valence-corrected chi connectivity index (χ3v) is 4.05. The SMILES string of the molecule is O=C(C1CCNc2ccccc21)N1CCCCC1. The number of hydrogen-bond donors (Lipinski definition) is 1. The van der Waals surface area contributed by atoms with E-state index in [1.54, 1.807) is 0 Å². The number of benzene rings is 1. The number of anilines is 1. The first-order valence-electron chi connectivity index (χ1n) is 6.98. The van der Waals surface area contributed by atoms with Crippen LogP contribution in [0.3, 0.4) is 0 Å². The van der Waals surface area contributed by atoms with Crippen molar-refractivity contribution in [1.29, 1.82) is 0 Å². The molecule has 18 heavy (non-hydrogen) atoms. The van der Waals surface area contributed by atoms with Gasteiger partial charge in [-0.15, -0.1) is 0 Å². The molecule has 1 fully saturated rings. The van der Waals surface area contributed by atoms with Crippen molar-refractivity contribution in [2.24, 2.45) is 0 Å². The molecular formula is C15H20N2O. The Kier molecular flexibility index (Phi) is 3.22. The highest BCUT2D eigenvalue weighted by atomic mass is 16.2. The van der Waals surface area contributed by atoms with Crippen LogP contribution >= 0.6 is 0 Å². The molecule has 0 spiro atoms. The predicted octanol–water partition coefficient (Wildman–Crippen LogP) is 2.60. The summed E-state index contributed by atoms with van der Waals surface area (Å²) >= 11 is 0. The van der Waals surface area contributed by atoms with Crippen LogP contribution in [0.2, 0.25) is 0 Å². The van der Waals surface area contributed by atoms with E-state index >= 15 is 0 Å². The molecular weight excluding hydrogens is 224 g/mol. The molecule has 96 valence electrons. The van der Waals surface area contributed by atoms with Gasteiger partial charge in [0.25, 0.3) is 0 Å². The Balaban J connectivity index is 1.82. The summed E-state index contributed by atoms with van der Waals surface area (Å²) in [6, 6.07) is 8.22. The van der Waals surface area contributed by atoms with Gasteiger partial charge in [0.1, 0.15) is 0 Å². The number of carbonyl (C=O) groups excluding carboxylic acids is 1. The molecule has 0 bridgehead atoms. The second kappa shape index (κ2) is 5.01. The molecule has 2 heterocycles. The van der Waals surface area contributed by atoms with Gasteiger partial charge in [-0.2, -0.15) is 0 Å². The van der Waals surface area contributed by atoms with Crippen LogP contribution in [0.5, 0.6) is 0 Å². The number of carbonyl (C=O) groups is 1. The van der Waals surface area contributed by atoms with Crippen molar-refractivity contribution in [3.05, 3.63) is 29.8 Å². The summed E-state index contributed by atoms with van der Waals surface area (Å²) in [5, 5.41) is 3.38. The number of piperidine rings is 1. The fourth-order valence-corrected chi connectivity index (χ4v) is 3.06. The highest BCUT2D eigenvalue weighted by Crippen LogP contribution is 2.33. The highest BCUT2D eigenvalue weighted by molar-refractivity contribution is 5.86. The lowest BCUT2D eigenvalue weighted by Crippen LogP contribution is -2.40. The number of likely N-dealkylation sites (tertiary alicyclic amines) is 1. The third-order valence-electron chi connectivity index (χ3n) is 4.05. The molecule has 1 amide bonds. The van der Waals surface area contributed by atoms with Crippen molar-refractivity contribution in [2.75, 3.05) is 25.0 Å². The molecule has 2 aliphatic rings. The van der Waals surface area contributed by atoms with Crippen LogP contribution in [0.15, 0.2) is 24.3 Å². The molecule has 0 aromatic heterocycles. The van der Waals surface area contributed by atoms with Crippen LogP contribution in [0.25, 0.3) is 0 Å². The van der Waals surface area contributed by atoms with Crippen LogP contribution in [0.4, 0.5) is 5.69 Å². The molecule has 1 atom stereocenters. The predicted molar refractivity (Wildman–Crippen MR) is 72.7 cm³/mol. The Hall–Kier alpha value is -1.51. The Bertz CT molecular complexity index is 438. The standard InChI is InChI=1S/C15H20N2O/c18-15(17-10-4-1-5-11-17)13-8-9-16-14-7-3-2-6-12(13)14/h2-3,6-7,13,16H,1,4-5,8-11H2. The van der Waals surface area contributed by atoms with Crippen molar-refractivity contribution >= 4 is 11.6 Å². The van der Waals surface area contributed by atoms with Gasteiger partial charge in [-0.25, -0.2) is 0 Å². The Morgan fingerprint density at radius 1 is 1.17 bits per heavy atom. The molecule has 3 nitrogen and oxygen atoms in total. The molecule has 0 aliphatic carbocycles. The molecule has 1 N–H and O–H groups in total. The third kappa shape index (κ3) is 2.09. The smallest absolute Gasteiger partial charge is 0.230 e. The summed E-state index contributed by atoms with van der Waals surface area (Å²) in [6.45, 7) is 2.80. The normalized spacial score (nSPS) is 23.1. The Morgan fingerprint density at radius 3 is 2.78 bits per heavy atom. The molecule has 0 radical (unpaired) electrons. The first-order chi connectivity index (χ1) is 8.86. The summed E-state index contributed by atoms with van der Waals surface area (Å²) in [6.07, 6.45) is 4.52. The second-order valence-corrected chi connectivity index (χ2v) is 5.24. The van der Waals surface area contributed by atoms with Crippen LogP contribution in [-0.2, 0) is 4.79 Å². The van der Waals surface area contributed by atoms with Crippen LogP contribution in [-0.4, -0.2) is 30.4 Å². The van der Waals surface area contributed by atoms with E-state index in [1.807, 2.05) is 12.1 Å². The van der Waals surface area contributed by atoms with Gasteiger partial charge in [0.15, 0.2) is 0 Å². The first-order valence-corrected chi connectivity index (χ1v) is 6.98. The minimum atomic E-state index is 0.0700. The quantitative estimate of drug-likeness (QED) is 0.823. The molecule has 1 saturated heterocycles. The van der Waals surface area contributed by atoms with Gasteiger partial charge in [-0.3, -0.25) is 4.79 Å². The molecule has 3 rings (SSSR count). The zero-order valence-corrected chi connectivity index (χ0v) is 10.7. The number of rotatable bonds is 1. The number of hydrogen-bond acceptors (Lipinski definition) is 2. The first kappa shape index (κ1) is 11.6. The number of para-hydroxylation sites is 1. The number of fused-ring (bicyclic) bond motifs is 1. The second-order valence-electron chi connectivity index (χ2n) is 5.24. The summed E-state index contributed by atoms with van der Waals surface area (Å²) in [5.41, 5.74) is 2.32.